The van der Waals surface area contributed by atoms with E-state index in [0.717, 1.165) is 22.6 Å². The summed E-state index contributed by atoms with van der Waals surface area (Å²) in [4.78, 5) is 16.4. The average Bonchev–Trinajstić information content (AvgIpc) is 3.34. The minimum atomic E-state index is -0.437. The Labute approximate surface area is 190 Å². The van der Waals surface area contributed by atoms with Gasteiger partial charge in [-0.05, 0) is 55.0 Å². The van der Waals surface area contributed by atoms with Crippen LogP contribution in [0, 0.1) is 6.92 Å². The highest BCUT2D eigenvalue weighted by Crippen LogP contribution is 2.27. The van der Waals surface area contributed by atoms with E-state index in [4.69, 9.17) is 25.5 Å². The van der Waals surface area contributed by atoms with Gasteiger partial charge in [-0.1, -0.05) is 23.7 Å². The first-order valence-electron chi connectivity index (χ1n) is 9.98. The van der Waals surface area contributed by atoms with Crippen LogP contribution in [-0.2, 0) is 24.8 Å². The third kappa shape index (κ3) is 4.84. The van der Waals surface area contributed by atoms with Gasteiger partial charge in [-0.3, -0.25) is 4.68 Å². The molecule has 2 aromatic heterocycles. The van der Waals surface area contributed by atoms with Gasteiger partial charge in [0.1, 0.15) is 35.2 Å². The second-order valence-corrected chi connectivity index (χ2v) is 7.70. The molecule has 0 saturated heterocycles. The number of carbonyl (C=O) groups is 1. The van der Waals surface area contributed by atoms with Crippen LogP contribution in [0.5, 0.6) is 5.75 Å². The van der Waals surface area contributed by atoms with Gasteiger partial charge in [-0.25, -0.2) is 9.78 Å². The molecular weight excluding hydrogens is 430 g/mol. The summed E-state index contributed by atoms with van der Waals surface area (Å²) in [6, 6.07) is 16.9. The van der Waals surface area contributed by atoms with Crippen molar-refractivity contribution in [2.75, 3.05) is 7.11 Å². The Morgan fingerprint density at radius 3 is 2.66 bits per heavy atom. The van der Waals surface area contributed by atoms with E-state index in [1.54, 1.807) is 13.1 Å². The molecule has 0 aliphatic heterocycles. The number of hydrogen-bond donors (Lipinski definition) is 0. The smallest absolute Gasteiger partial charge is 0.356 e. The van der Waals surface area contributed by atoms with Crippen molar-refractivity contribution < 1.29 is 18.7 Å². The number of nitrogens with zero attached hydrogens (tertiary/aromatic N) is 3. The molecule has 32 heavy (non-hydrogen) atoms. The van der Waals surface area contributed by atoms with Crippen molar-refractivity contribution in [3.05, 3.63) is 88.2 Å². The maximum atomic E-state index is 11.7. The van der Waals surface area contributed by atoms with Gasteiger partial charge in [0.15, 0.2) is 5.89 Å². The Morgan fingerprint density at radius 2 is 1.94 bits per heavy atom. The first-order chi connectivity index (χ1) is 15.4. The molecule has 0 N–H and O–H groups in total. The topological polar surface area (TPSA) is 79.4 Å². The first kappa shape index (κ1) is 21.6. The molecule has 0 bridgehead atoms. The Balaban J connectivity index is 1.43. The molecular formula is C24H22ClN3O4. The number of aromatic nitrogens is 3. The van der Waals surface area contributed by atoms with Crippen LogP contribution in [0.2, 0.25) is 5.02 Å². The summed E-state index contributed by atoms with van der Waals surface area (Å²) in [5, 5.41) is 4.96. The zero-order valence-electron chi connectivity index (χ0n) is 18.0. The van der Waals surface area contributed by atoms with E-state index < -0.39 is 5.97 Å². The summed E-state index contributed by atoms with van der Waals surface area (Å²) < 4.78 is 17.9. The van der Waals surface area contributed by atoms with Gasteiger partial charge >= 0.3 is 5.97 Å². The standard InChI is InChI=1S/C24H22ClN3O4/c1-15-23(26-22(32-15)12-16-5-4-6-18(25)11-16)17-7-9-20(10-8-17)31-14-19-13-21(24(29)30-3)28(2)27-19/h4-11,13H,12,14H2,1-3H3. The maximum Gasteiger partial charge on any atom is 0.356 e. The number of halogens is 1. The Morgan fingerprint density at radius 1 is 1.16 bits per heavy atom. The van der Waals surface area contributed by atoms with E-state index in [0.29, 0.717) is 34.5 Å². The quantitative estimate of drug-likeness (QED) is 0.368. The lowest BCUT2D eigenvalue weighted by Gasteiger charge is -2.05. The molecule has 4 aromatic rings. The van der Waals surface area contributed by atoms with E-state index in [1.807, 2.05) is 55.5 Å². The normalized spacial score (nSPS) is 10.9. The number of benzene rings is 2. The Kier molecular flexibility index (Phi) is 6.28. The fourth-order valence-corrected chi connectivity index (χ4v) is 3.59. The molecule has 2 aromatic carbocycles. The molecule has 2 heterocycles. The molecule has 164 valence electrons. The highest BCUT2D eigenvalue weighted by Gasteiger charge is 2.15. The minimum absolute atomic E-state index is 0.233. The number of oxazole rings is 1. The van der Waals surface area contributed by atoms with Gasteiger partial charge in [0.05, 0.1) is 7.11 Å². The van der Waals surface area contributed by atoms with Crippen LogP contribution in [0.1, 0.15) is 33.4 Å². The maximum absolute atomic E-state index is 11.7. The van der Waals surface area contributed by atoms with Crippen LogP contribution >= 0.6 is 11.6 Å². The van der Waals surface area contributed by atoms with Crippen molar-refractivity contribution in [1.29, 1.82) is 0 Å². The van der Waals surface area contributed by atoms with Crippen molar-refractivity contribution in [1.82, 2.24) is 14.8 Å². The van der Waals surface area contributed by atoms with Crippen molar-refractivity contribution in [2.45, 2.75) is 20.0 Å². The highest BCUT2D eigenvalue weighted by molar-refractivity contribution is 6.30. The van der Waals surface area contributed by atoms with Crippen molar-refractivity contribution in [2.24, 2.45) is 7.05 Å². The van der Waals surface area contributed by atoms with E-state index in [-0.39, 0.29) is 6.61 Å². The molecule has 0 aliphatic rings. The number of rotatable bonds is 7. The van der Waals surface area contributed by atoms with Crippen LogP contribution in [-0.4, -0.2) is 27.8 Å². The minimum Gasteiger partial charge on any atom is -0.487 e. The number of methoxy groups -OCH3 is 1. The predicted octanol–water partition coefficient (Wildman–Crippen LogP) is 4.99. The third-order valence-electron chi connectivity index (χ3n) is 4.92. The number of esters is 1. The Bertz CT molecular complexity index is 1240. The summed E-state index contributed by atoms with van der Waals surface area (Å²) in [5.41, 5.74) is 3.77. The fraction of sp³-hybridized carbons (Fsp3) is 0.208. The van der Waals surface area contributed by atoms with E-state index >= 15 is 0 Å². The SMILES string of the molecule is COC(=O)c1cc(COc2ccc(-c3nc(Cc4cccc(Cl)c4)oc3C)cc2)nn1C. The zero-order valence-corrected chi connectivity index (χ0v) is 18.7. The van der Waals surface area contributed by atoms with E-state index in [1.165, 1.54) is 11.8 Å². The third-order valence-corrected chi connectivity index (χ3v) is 5.16. The van der Waals surface area contributed by atoms with E-state index in [2.05, 4.69) is 10.1 Å². The number of ether oxygens (including phenoxy) is 2. The molecule has 8 heteroatoms. The molecule has 0 amide bonds. The zero-order chi connectivity index (χ0) is 22.7. The van der Waals surface area contributed by atoms with Crippen LogP contribution in [0.25, 0.3) is 11.3 Å². The van der Waals surface area contributed by atoms with Crippen molar-refractivity contribution in [3.8, 4) is 17.0 Å². The lowest BCUT2D eigenvalue weighted by molar-refractivity contribution is 0.0588. The second-order valence-electron chi connectivity index (χ2n) is 7.27. The molecule has 0 radical (unpaired) electrons. The predicted molar refractivity (Wildman–Crippen MR) is 120 cm³/mol. The Hall–Kier alpha value is -3.58. The number of hydrogen-bond acceptors (Lipinski definition) is 6. The molecule has 0 spiro atoms. The van der Waals surface area contributed by atoms with E-state index in [9.17, 15) is 4.79 Å². The van der Waals surface area contributed by atoms with Crippen molar-refractivity contribution >= 4 is 17.6 Å². The largest absolute Gasteiger partial charge is 0.487 e. The lowest BCUT2D eigenvalue weighted by Crippen LogP contribution is -2.07. The van der Waals surface area contributed by atoms with Gasteiger partial charge in [-0.2, -0.15) is 5.10 Å². The van der Waals surface area contributed by atoms with Crippen LogP contribution in [0.15, 0.2) is 59.0 Å². The van der Waals surface area contributed by atoms with Gasteiger partial charge in [0, 0.05) is 24.1 Å². The van der Waals surface area contributed by atoms with Crippen molar-refractivity contribution in [3.63, 3.8) is 0 Å². The van der Waals surface area contributed by atoms with Gasteiger partial charge < -0.3 is 13.9 Å². The molecule has 0 fully saturated rings. The molecule has 7 nitrogen and oxygen atoms in total. The summed E-state index contributed by atoms with van der Waals surface area (Å²) in [6.45, 7) is 2.13. The summed E-state index contributed by atoms with van der Waals surface area (Å²) in [6.07, 6.45) is 0.570. The second kappa shape index (κ2) is 9.28. The van der Waals surface area contributed by atoms with Crippen LogP contribution in [0.3, 0.4) is 0 Å². The molecule has 4 rings (SSSR count). The molecule has 0 aliphatic carbocycles. The summed E-state index contributed by atoms with van der Waals surface area (Å²) in [7, 11) is 3.02. The average molecular weight is 452 g/mol. The molecule has 0 saturated carbocycles. The monoisotopic (exact) mass is 451 g/mol. The fourth-order valence-electron chi connectivity index (χ4n) is 3.38. The molecule has 0 atom stereocenters. The van der Waals surface area contributed by atoms with Gasteiger partial charge in [0.2, 0.25) is 0 Å². The van der Waals surface area contributed by atoms with Gasteiger partial charge in [-0.15, -0.1) is 0 Å². The number of aryl methyl sites for hydroxylation is 2. The molecule has 0 unspecified atom stereocenters. The van der Waals surface area contributed by atoms with Crippen LogP contribution in [0.4, 0.5) is 0 Å². The summed E-state index contributed by atoms with van der Waals surface area (Å²) >= 11 is 6.06. The lowest BCUT2D eigenvalue weighted by atomic mass is 10.1. The first-order valence-corrected chi connectivity index (χ1v) is 10.4. The summed E-state index contributed by atoms with van der Waals surface area (Å²) in [5.74, 6) is 1.63. The van der Waals surface area contributed by atoms with Gasteiger partial charge in [0.25, 0.3) is 0 Å². The highest BCUT2D eigenvalue weighted by atomic mass is 35.5. The van der Waals surface area contributed by atoms with Crippen LogP contribution < -0.4 is 4.74 Å². The number of carbonyl (C=O) groups excluding carboxylic acids is 1.